The van der Waals surface area contributed by atoms with E-state index in [0.717, 1.165) is 44.4 Å². The van der Waals surface area contributed by atoms with Crippen LogP contribution in [0.1, 0.15) is 0 Å². The normalized spacial score (nSPS) is 13.2. The monoisotopic (exact) mass is 688 g/mol. The number of nitrogens with zero attached hydrogens (tertiary/aromatic N) is 4. The number of benzene rings is 8. The first kappa shape index (κ1) is 26.4. The van der Waals surface area contributed by atoms with E-state index in [2.05, 4.69) is 163 Å². The van der Waals surface area contributed by atoms with Crippen LogP contribution in [0.5, 0.6) is 0 Å². The standard InChI is InChI=1S/C48H24N4O2/c1-3-17-37-31(13-1)51-45-25(9-7-19-39(45)53-37)27-21-23-33-41(47(27)51)29-11-5-15-35-43(29)49(33)36-16-6-12-30-42-34(50(35)44(30)36)24-22-28-26-10-8-20-40-46(26)52(48(28)42)32-14-2-4-18-38(32)54-40/h1-24H. The molecule has 15 aromatic rings. The van der Waals surface area contributed by atoms with Crippen molar-refractivity contribution < 1.29 is 8.83 Å². The van der Waals surface area contributed by atoms with Crippen molar-refractivity contribution in [3.8, 4) is 0 Å². The molecule has 0 bridgehead atoms. The van der Waals surface area contributed by atoms with Crippen molar-refractivity contribution >= 4 is 132 Å². The molecule has 0 aliphatic carbocycles. The summed E-state index contributed by atoms with van der Waals surface area (Å²) in [5, 5.41) is 9.85. The van der Waals surface area contributed by atoms with Crippen molar-refractivity contribution in [2.75, 3.05) is 0 Å². The minimum absolute atomic E-state index is 0.873. The molecule has 0 atom stereocenters. The molecule has 6 heteroatoms. The SMILES string of the molecule is c1ccc2c(c1)oc1cccc3c4ccc5c(c6cccc7c6n5c5cccc6c8c(ccc9c%10cccc%11oc%12ccccc%12n(c%11%10)c98)n7c65)c4n2c13. The Hall–Kier alpha value is -7.44. The number of aromatic nitrogens is 4. The van der Waals surface area contributed by atoms with Crippen molar-refractivity contribution in [1.82, 2.24) is 17.6 Å². The Morgan fingerprint density at radius 2 is 0.630 bits per heavy atom. The maximum Gasteiger partial charge on any atom is 0.152 e. The van der Waals surface area contributed by atoms with E-state index >= 15 is 0 Å². The van der Waals surface area contributed by atoms with Gasteiger partial charge in [0.2, 0.25) is 0 Å². The van der Waals surface area contributed by atoms with E-state index in [9.17, 15) is 0 Å². The number of hydrogen-bond acceptors (Lipinski definition) is 2. The smallest absolute Gasteiger partial charge is 0.152 e. The Labute approximate surface area is 302 Å². The number of para-hydroxylation sites is 8. The van der Waals surface area contributed by atoms with Crippen LogP contribution in [0.4, 0.5) is 0 Å². The van der Waals surface area contributed by atoms with Crippen LogP contribution in [0.25, 0.3) is 132 Å². The molecule has 0 saturated heterocycles. The topological polar surface area (TPSA) is 43.9 Å². The van der Waals surface area contributed by atoms with Crippen LogP contribution < -0.4 is 0 Å². The molecular weight excluding hydrogens is 665 g/mol. The summed E-state index contributed by atoms with van der Waals surface area (Å²) >= 11 is 0. The first-order valence-electron chi connectivity index (χ1n) is 18.5. The average Bonchev–Trinajstić information content (AvgIpc) is 3.95. The lowest BCUT2D eigenvalue weighted by molar-refractivity contribution is 0.655. The second-order valence-electron chi connectivity index (χ2n) is 14.8. The second-order valence-corrected chi connectivity index (χ2v) is 14.8. The van der Waals surface area contributed by atoms with Gasteiger partial charge in [0, 0.05) is 43.1 Å². The van der Waals surface area contributed by atoms with Crippen LogP contribution in [-0.2, 0) is 0 Å². The molecule has 15 rings (SSSR count). The first-order chi connectivity index (χ1) is 26.8. The third kappa shape index (κ3) is 2.71. The molecular formula is C48H24N4O2. The molecule has 0 saturated carbocycles. The summed E-state index contributed by atoms with van der Waals surface area (Å²) in [6, 6.07) is 52.7. The molecule has 0 unspecified atom stereocenters. The fraction of sp³-hybridized carbons (Fsp3) is 0. The summed E-state index contributed by atoms with van der Waals surface area (Å²) in [6.45, 7) is 0. The molecule has 0 fully saturated rings. The van der Waals surface area contributed by atoms with Gasteiger partial charge in [0.1, 0.15) is 0 Å². The van der Waals surface area contributed by atoms with Gasteiger partial charge in [-0.05, 0) is 60.7 Å². The predicted octanol–water partition coefficient (Wildman–Crippen LogP) is 12.9. The first-order valence-corrected chi connectivity index (χ1v) is 18.5. The van der Waals surface area contributed by atoms with E-state index in [1.165, 1.54) is 87.2 Å². The van der Waals surface area contributed by atoms with Crippen molar-refractivity contribution in [1.29, 1.82) is 0 Å². The lowest BCUT2D eigenvalue weighted by Crippen LogP contribution is -1.96. The molecule has 0 aliphatic heterocycles. The van der Waals surface area contributed by atoms with E-state index in [1.54, 1.807) is 0 Å². The summed E-state index contributed by atoms with van der Waals surface area (Å²) in [7, 11) is 0. The largest absolute Gasteiger partial charge is 0.453 e. The predicted molar refractivity (Wildman–Crippen MR) is 221 cm³/mol. The highest BCUT2D eigenvalue weighted by atomic mass is 16.3. The minimum Gasteiger partial charge on any atom is -0.453 e. The molecule has 0 amide bonds. The minimum atomic E-state index is 0.873. The molecule has 0 radical (unpaired) electrons. The van der Waals surface area contributed by atoms with Gasteiger partial charge in [-0.2, -0.15) is 0 Å². The Morgan fingerprint density at radius 1 is 0.241 bits per heavy atom. The molecule has 7 aromatic heterocycles. The van der Waals surface area contributed by atoms with Gasteiger partial charge in [-0.3, -0.25) is 0 Å². The van der Waals surface area contributed by atoms with Crippen molar-refractivity contribution in [3.63, 3.8) is 0 Å². The summed E-state index contributed by atoms with van der Waals surface area (Å²) in [5.74, 6) is 0. The third-order valence-electron chi connectivity index (χ3n) is 12.4. The molecule has 7 heterocycles. The van der Waals surface area contributed by atoms with Gasteiger partial charge in [-0.1, -0.05) is 84.9 Å². The molecule has 54 heavy (non-hydrogen) atoms. The third-order valence-corrected chi connectivity index (χ3v) is 12.4. The molecule has 0 N–H and O–H groups in total. The van der Waals surface area contributed by atoms with Crippen LogP contribution in [0.2, 0.25) is 0 Å². The van der Waals surface area contributed by atoms with E-state index in [0.29, 0.717) is 0 Å². The Balaban J connectivity index is 1.22. The van der Waals surface area contributed by atoms with Crippen LogP contribution in [0, 0.1) is 0 Å². The van der Waals surface area contributed by atoms with Gasteiger partial charge in [-0.15, -0.1) is 0 Å². The van der Waals surface area contributed by atoms with Crippen molar-refractivity contribution in [2.45, 2.75) is 0 Å². The van der Waals surface area contributed by atoms with Crippen molar-refractivity contribution in [3.05, 3.63) is 146 Å². The number of fused-ring (bicyclic) bond motifs is 20. The number of hydrogen-bond donors (Lipinski definition) is 0. The van der Waals surface area contributed by atoms with Crippen LogP contribution >= 0.6 is 0 Å². The highest BCUT2D eigenvalue weighted by molar-refractivity contribution is 6.33. The lowest BCUT2D eigenvalue weighted by Gasteiger charge is -2.11. The molecule has 248 valence electrons. The Morgan fingerprint density at radius 3 is 1.13 bits per heavy atom. The van der Waals surface area contributed by atoms with Gasteiger partial charge < -0.3 is 26.4 Å². The van der Waals surface area contributed by atoms with Crippen LogP contribution in [0.15, 0.2) is 154 Å². The van der Waals surface area contributed by atoms with E-state index < -0.39 is 0 Å². The van der Waals surface area contributed by atoms with Crippen molar-refractivity contribution in [2.24, 2.45) is 0 Å². The summed E-state index contributed by atoms with van der Waals surface area (Å²) < 4.78 is 22.9. The highest BCUT2D eigenvalue weighted by Crippen LogP contribution is 2.47. The Kier molecular flexibility index (Phi) is 4.20. The molecule has 0 spiro atoms. The zero-order chi connectivity index (χ0) is 34.6. The Bertz CT molecular complexity index is 3920. The lowest BCUT2D eigenvalue weighted by atomic mass is 10.1. The maximum atomic E-state index is 6.50. The van der Waals surface area contributed by atoms with Gasteiger partial charge in [-0.25, -0.2) is 0 Å². The zero-order valence-corrected chi connectivity index (χ0v) is 28.5. The van der Waals surface area contributed by atoms with E-state index in [1.807, 2.05) is 0 Å². The second kappa shape index (κ2) is 8.60. The zero-order valence-electron chi connectivity index (χ0n) is 28.5. The molecule has 0 aliphatic rings. The fourth-order valence-corrected chi connectivity index (χ4v) is 10.5. The maximum absolute atomic E-state index is 6.50. The van der Waals surface area contributed by atoms with E-state index in [4.69, 9.17) is 8.83 Å². The number of rotatable bonds is 0. The summed E-state index contributed by atoms with van der Waals surface area (Å²) in [5.41, 5.74) is 17.5. The van der Waals surface area contributed by atoms with E-state index in [-0.39, 0.29) is 0 Å². The average molecular weight is 689 g/mol. The quantitative estimate of drug-likeness (QED) is 0.149. The van der Waals surface area contributed by atoms with Crippen LogP contribution in [-0.4, -0.2) is 17.6 Å². The molecule has 6 nitrogen and oxygen atoms in total. The summed E-state index contributed by atoms with van der Waals surface area (Å²) in [4.78, 5) is 0. The van der Waals surface area contributed by atoms with Gasteiger partial charge in [0.05, 0.1) is 66.2 Å². The van der Waals surface area contributed by atoms with Gasteiger partial charge in [0.15, 0.2) is 22.3 Å². The highest BCUT2D eigenvalue weighted by Gasteiger charge is 2.27. The fourth-order valence-electron chi connectivity index (χ4n) is 10.5. The van der Waals surface area contributed by atoms with Gasteiger partial charge in [0.25, 0.3) is 0 Å². The molecule has 8 aromatic carbocycles. The summed E-state index contributed by atoms with van der Waals surface area (Å²) in [6.07, 6.45) is 0. The van der Waals surface area contributed by atoms with Gasteiger partial charge >= 0.3 is 0 Å². The van der Waals surface area contributed by atoms with Crippen LogP contribution in [0.3, 0.4) is 0 Å².